The molecule has 0 bridgehead atoms. The summed E-state index contributed by atoms with van der Waals surface area (Å²) in [6, 6.07) is 8.08. The van der Waals surface area contributed by atoms with E-state index in [9.17, 15) is 9.18 Å². The molecule has 0 fully saturated rings. The van der Waals surface area contributed by atoms with Crippen LogP contribution in [0.3, 0.4) is 0 Å². The summed E-state index contributed by atoms with van der Waals surface area (Å²) in [6.45, 7) is 5.15. The van der Waals surface area contributed by atoms with Gasteiger partial charge >= 0.3 is 0 Å². The summed E-state index contributed by atoms with van der Waals surface area (Å²) in [5, 5.41) is 5.95. The third kappa shape index (κ3) is 3.56. The van der Waals surface area contributed by atoms with E-state index in [0.29, 0.717) is 12.1 Å². The highest BCUT2D eigenvalue weighted by atomic mass is 32.1. The van der Waals surface area contributed by atoms with Crippen LogP contribution in [0.25, 0.3) is 11.4 Å². The maximum atomic E-state index is 13.2. The Bertz CT molecular complexity index is 898. The van der Waals surface area contributed by atoms with Gasteiger partial charge in [-0.3, -0.25) is 4.79 Å². The first-order valence-electron chi connectivity index (χ1n) is 7.93. The summed E-state index contributed by atoms with van der Waals surface area (Å²) < 4.78 is 15.1. The second kappa shape index (κ2) is 7.06. The van der Waals surface area contributed by atoms with Crippen LogP contribution in [0.5, 0.6) is 0 Å². The monoisotopic (exact) mass is 358 g/mol. The number of hydrogen-bond donors (Lipinski definition) is 2. The van der Waals surface area contributed by atoms with E-state index in [1.54, 1.807) is 18.2 Å². The van der Waals surface area contributed by atoms with E-state index in [1.807, 2.05) is 23.8 Å². The number of nitrogens with zero attached hydrogens (tertiary/aromatic N) is 2. The van der Waals surface area contributed by atoms with E-state index in [4.69, 9.17) is 5.73 Å². The van der Waals surface area contributed by atoms with Crippen molar-refractivity contribution in [2.75, 3.05) is 11.9 Å². The van der Waals surface area contributed by atoms with Gasteiger partial charge in [0.1, 0.15) is 5.82 Å². The van der Waals surface area contributed by atoms with Crippen molar-refractivity contribution in [1.82, 2.24) is 9.55 Å². The zero-order valence-electron chi connectivity index (χ0n) is 14.0. The number of hydrogen-bond acceptors (Lipinski definition) is 4. The molecule has 5 nitrogen and oxygen atoms in total. The highest BCUT2D eigenvalue weighted by Gasteiger charge is 2.18. The van der Waals surface area contributed by atoms with Crippen molar-refractivity contribution in [2.24, 2.45) is 5.73 Å². The molecule has 0 saturated carbocycles. The molecule has 130 valence electrons. The minimum atomic E-state index is -0.473. The second-order valence-electron chi connectivity index (χ2n) is 5.67. The predicted molar refractivity (Wildman–Crippen MR) is 98.5 cm³/mol. The van der Waals surface area contributed by atoms with Gasteiger partial charge < -0.3 is 15.6 Å². The lowest BCUT2D eigenvalue weighted by Crippen LogP contribution is -2.12. The highest BCUT2D eigenvalue weighted by Crippen LogP contribution is 2.29. The number of anilines is 1. The van der Waals surface area contributed by atoms with Gasteiger partial charge in [-0.2, -0.15) is 0 Å². The number of aromatic nitrogens is 2. The molecule has 1 amide bonds. The normalized spacial score (nSPS) is 10.8. The summed E-state index contributed by atoms with van der Waals surface area (Å²) in [5.74, 6) is -0.750. The Labute approximate surface area is 149 Å². The van der Waals surface area contributed by atoms with Crippen LogP contribution in [0.1, 0.15) is 28.5 Å². The first-order valence-corrected chi connectivity index (χ1v) is 8.81. The number of nitrogens with one attached hydrogen (secondary N) is 1. The van der Waals surface area contributed by atoms with Crippen molar-refractivity contribution in [3.63, 3.8) is 0 Å². The standard InChI is InChI=1S/C18H19FN4OS/c1-3-21-18-22-15(10-25-18)16-8-14(17(20)24)11(2)23(16)9-12-4-6-13(19)7-5-12/h4-8,10H,3,9H2,1-2H3,(H2,20,24)(H,21,22). The fourth-order valence-electron chi connectivity index (χ4n) is 2.71. The summed E-state index contributed by atoms with van der Waals surface area (Å²) in [5.41, 5.74) is 9.27. The molecule has 2 heterocycles. The van der Waals surface area contributed by atoms with Crippen LogP contribution in [0.15, 0.2) is 35.7 Å². The second-order valence-corrected chi connectivity index (χ2v) is 6.53. The fourth-order valence-corrected chi connectivity index (χ4v) is 3.48. The van der Waals surface area contributed by atoms with Crippen molar-refractivity contribution in [3.8, 4) is 11.4 Å². The van der Waals surface area contributed by atoms with Crippen LogP contribution in [0, 0.1) is 12.7 Å². The van der Waals surface area contributed by atoms with Crippen LogP contribution in [0.4, 0.5) is 9.52 Å². The first-order chi connectivity index (χ1) is 12.0. The number of halogens is 1. The van der Waals surface area contributed by atoms with E-state index >= 15 is 0 Å². The number of benzene rings is 1. The van der Waals surface area contributed by atoms with Crippen molar-refractivity contribution in [3.05, 3.63) is 58.3 Å². The molecule has 0 radical (unpaired) electrons. The van der Waals surface area contributed by atoms with Gasteiger partial charge in [0.25, 0.3) is 5.91 Å². The molecule has 0 aliphatic rings. The molecule has 3 N–H and O–H groups in total. The van der Waals surface area contributed by atoms with E-state index in [2.05, 4.69) is 10.3 Å². The summed E-state index contributed by atoms with van der Waals surface area (Å²) in [4.78, 5) is 16.3. The average molecular weight is 358 g/mol. The minimum absolute atomic E-state index is 0.277. The Kier molecular flexibility index (Phi) is 4.85. The van der Waals surface area contributed by atoms with E-state index in [0.717, 1.165) is 34.3 Å². The number of nitrogens with two attached hydrogens (primary N) is 1. The Morgan fingerprint density at radius 2 is 2.08 bits per heavy atom. The van der Waals surface area contributed by atoms with Gasteiger partial charge in [-0.25, -0.2) is 9.37 Å². The molecule has 0 unspecified atom stereocenters. The van der Waals surface area contributed by atoms with Gasteiger partial charge in [0.2, 0.25) is 0 Å². The lowest BCUT2D eigenvalue weighted by molar-refractivity contribution is 0.0999. The molecule has 0 aliphatic heterocycles. The van der Waals surface area contributed by atoms with Crippen LogP contribution in [0.2, 0.25) is 0 Å². The Balaban J connectivity index is 2.05. The molecule has 2 aromatic heterocycles. The summed E-state index contributed by atoms with van der Waals surface area (Å²) in [6.07, 6.45) is 0. The number of amides is 1. The number of rotatable bonds is 6. The van der Waals surface area contributed by atoms with E-state index in [1.165, 1.54) is 23.5 Å². The number of thiazole rings is 1. The SMILES string of the molecule is CCNc1nc(-c2cc(C(N)=O)c(C)n2Cc2ccc(F)cc2)cs1. The number of carbonyl (C=O) groups excluding carboxylic acids is 1. The van der Waals surface area contributed by atoms with Gasteiger partial charge in [-0.05, 0) is 37.6 Å². The molecular weight excluding hydrogens is 339 g/mol. The maximum Gasteiger partial charge on any atom is 0.250 e. The van der Waals surface area contributed by atoms with Crippen molar-refractivity contribution >= 4 is 22.4 Å². The molecular formula is C18H19FN4OS. The summed E-state index contributed by atoms with van der Waals surface area (Å²) in [7, 11) is 0. The van der Waals surface area contributed by atoms with Gasteiger partial charge in [-0.1, -0.05) is 12.1 Å². The molecule has 3 aromatic rings. The Hall–Kier alpha value is -2.67. The zero-order chi connectivity index (χ0) is 18.0. The molecule has 1 aromatic carbocycles. The van der Waals surface area contributed by atoms with Gasteiger partial charge in [-0.15, -0.1) is 11.3 Å². The van der Waals surface area contributed by atoms with Crippen molar-refractivity contribution in [2.45, 2.75) is 20.4 Å². The number of primary amides is 1. The highest BCUT2D eigenvalue weighted by molar-refractivity contribution is 7.14. The fraction of sp³-hybridized carbons (Fsp3) is 0.222. The largest absolute Gasteiger partial charge is 0.366 e. The molecule has 25 heavy (non-hydrogen) atoms. The molecule has 0 atom stereocenters. The van der Waals surface area contributed by atoms with E-state index in [-0.39, 0.29) is 5.82 Å². The van der Waals surface area contributed by atoms with E-state index < -0.39 is 5.91 Å². The minimum Gasteiger partial charge on any atom is -0.366 e. The zero-order valence-corrected chi connectivity index (χ0v) is 14.9. The van der Waals surface area contributed by atoms with Crippen molar-refractivity contribution in [1.29, 1.82) is 0 Å². The van der Waals surface area contributed by atoms with Crippen LogP contribution in [-0.4, -0.2) is 22.0 Å². The van der Waals surface area contributed by atoms with Gasteiger partial charge in [0.05, 0.1) is 17.0 Å². The number of carbonyl (C=O) groups is 1. The quantitative estimate of drug-likeness (QED) is 0.707. The van der Waals surface area contributed by atoms with Crippen LogP contribution in [-0.2, 0) is 6.54 Å². The van der Waals surface area contributed by atoms with Gasteiger partial charge in [0.15, 0.2) is 5.13 Å². The molecule has 0 aliphatic carbocycles. The molecule has 7 heteroatoms. The van der Waals surface area contributed by atoms with Crippen LogP contribution >= 0.6 is 11.3 Å². The topological polar surface area (TPSA) is 72.9 Å². The molecule has 3 rings (SSSR count). The first kappa shape index (κ1) is 17.2. The third-order valence-corrected chi connectivity index (χ3v) is 4.78. The maximum absolute atomic E-state index is 13.2. The Morgan fingerprint density at radius 3 is 2.72 bits per heavy atom. The summed E-state index contributed by atoms with van der Waals surface area (Å²) >= 11 is 1.51. The lowest BCUT2D eigenvalue weighted by Gasteiger charge is -2.11. The van der Waals surface area contributed by atoms with Crippen molar-refractivity contribution < 1.29 is 9.18 Å². The smallest absolute Gasteiger partial charge is 0.250 e. The third-order valence-electron chi connectivity index (χ3n) is 3.98. The average Bonchev–Trinajstić information content (AvgIpc) is 3.15. The predicted octanol–water partition coefficient (Wildman–Crippen LogP) is 3.64. The molecule has 0 saturated heterocycles. The lowest BCUT2D eigenvalue weighted by atomic mass is 10.2. The Morgan fingerprint density at radius 1 is 1.36 bits per heavy atom. The van der Waals surface area contributed by atoms with Crippen LogP contribution < -0.4 is 11.1 Å². The van der Waals surface area contributed by atoms with Gasteiger partial charge in [0, 0.05) is 24.2 Å². The molecule has 0 spiro atoms.